The summed E-state index contributed by atoms with van der Waals surface area (Å²) < 4.78 is 59.3. The van der Waals surface area contributed by atoms with Crippen molar-refractivity contribution in [3.8, 4) is 0 Å². The second-order valence-corrected chi connectivity index (χ2v) is 11.4. The van der Waals surface area contributed by atoms with Gasteiger partial charge in [-0.2, -0.15) is 0 Å². The minimum atomic E-state index is -0.707. The van der Waals surface area contributed by atoms with Gasteiger partial charge in [-0.3, -0.25) is 0 Å². The van der Waals surface area contributed by atoms with Crippen LogP contribution < -0.4 is 0 Å². The lowest BCUT2D eigenvalue weighted by Crippen LogP contribution is -2.16. The average molecular weight is 515 g/mol. The third kappa shape index (κ3) is 6.67. The van der Waals surface area contributed by atoms with Crippen LogP contribution in [-0.2, 0) is 12.8 Å². The largest absolute Gasteiger partial charge is 0.203 e. The summed E-state index contributed by atoms with van der Waals surface area (Å²) >= 11 is 0. The van der Waals surface area contributed by atoms with Crippen molar-refractivity contribution >= 4 is 5.57 Å². The fraction of sp³-hybridized carbons (Fsp3) is 0.576. The van der Waals surface area contributed by atoms with Crippen molar-refractivity contribution in [3.63, 3.8) is 0 Å². The van der Waals surface area contributed by atoms with E-state index in [2.05, 4.69) is 13.0 Å². The Morgan fingerprint density at radius 3 is 2.05 bits per heavy atom. The van der Waals surface area contributed by atoms with Crippen LogP contribution >= 0.6 is 0 Å². The normalized spacial score (nSPS) is 22.2. The van der Waals surface area contributed by atoms with E-state index in [1.807, 2.05) is 6.92 Å². The molecule has 202 valence electrons. The maximum absolute atomic E-state index is 15.0. The number of unbranched alkanes of at least 4 members (excludes halogenated alkanes) is 1. The van der Waals surface area contributed by atoms with Crippen LogP contribution in [0.1, 0.15) is 119 Å². The predicted octanol–water partition coefficient (Wildman–Crippen LogP) is 10.5. The van der Waals surface area contributed by atoms with Crippen LogP contribution in [0.2, 0.25) is 0 Å². The molecule has 2 aromatic carbocycles. The molecule has 2 aliphatic carbocycles. The van der Waals surface area contributed by atoms with Crippen molar-refractivity contribution in [2.75, 3.05) is 0 Å². The Morgan fingerprint density at radius 1 is 0.676 bits per heavy atom. The summed E-state index contributed by atoms with van der Waals surface area (Å²) in [5, 5.41) is 0. The smallest absolute Gasteiger partial charge is 0.166 e. The van der Waals surface area contributed by atoms with Crippen LogP contribution in [0.3, 0.4) is 0 Å². The molecular formula is C33H42F4. The molecule has 37 heavy (non-hydrogen) atoms. The molecule has 0 spiro atoms. The maximum Gasteiger partial charge on any atom is 0.166 e. The fourth-order valence-electron chi connectivity index (χ4n) is 6.44. The molecule has 0 nitrogen and oxygen atoms in total. The van der Waals surface area contributed by atoms with Gasteiger partial charge in [-0.1, -0.05) is 63.5 Å². The Balaban J connectivity index is 1.31. The second-order valence-electron chi connectivity index (χ2n) is 11.4. The highest BCUT2D eigenvalue weighted by Gasteiger charge is 2.27. The Hall–Kier alpha value is -2.10. The third-order valence-electron chi connectivity index (χ3n) is 8.82. The molecule has 4 rings (SSSR count). The van der Waals surface area contributed by atoms with Gasteiger partial charge in [0.25, 0.3) is 0 Å². The highest BCUT2D eigenvalue weighted by Crippen LogP contribution is 2.40. The summed E-state index contributed by atoms with van der Waals surface area (Å²) in [5.41, 5.74) is 2.78. The monoisotopic (exact) mass is 514 g/mol. The molecule has 0 amide bonds. The summed E-state index contributed by atoms with van der Waals surface area (Å²) in [6.07, 6.45) is 14.3. The molecule has 0 bridgehead atoms. The van der Waals surface area contributed by atoms with Gasteiger partial charge < -0.3 is 0 Å². The average Bonchev–Trinajstić information content (AvgIpc) is 2.92. The van der Waals surface area contributed by atoms with Gasteiger partial charge in [0.15, 0.2) is 23.3 Å². The highest BCUT2D eigenvalue weighted by atomic mass is 19.2. The maximum atomic E-state index is 15.0. The van der Waals surface area contributed by atoms with E-state index < -0.39 is 23.3 Å². The topological polar surface area (TPSA) is 0 Å². The minimum Gasteiger partial charge on any atom is -0.203 e. The quantitative estimate of drug-likeness (QED) is 0.277. The standard InChI is InChI=1S/C33H42F4/c1-3-5-7-26-18-20-28(32(36)30(26)34)25-15-10-23(11-16-25)12-17-27-19-21-29(33(37)31(27)35)24-13-8-22(6-4-2)9-14-24/h13,18-23,25H,3-12,14-17H2,1-2H3. The Kier molecular flexibility index (Phi) is 9.90. The molecule has 1 saturated carbocycles. The van der Waals surface area contributed by atoms with Crippen LogP contribution in [0.15, 0.2) is 30.3 Å². The first kappa shape index (κ1) is 27.9. The van der Waals surface area contributed by atoms with E-state index >= 15 is 0 Å². The molecule has 2 aromatic rings. The number of aryl methyl sites for hydroxylation is 2. The van der Waals surface area contributed by atoms with Gasteiger partial charge in [-0.15, -0.1) is 0 Å². The van der Waals surface area contributed by atoms with Crippen LogP contribution in [0, 0.1) is 35.1 Å². The van der Waals surface area contributed by atoms with E-state index in [4.69, 9.17) is 0 Å². The van der Waals surface area contributed by atoms with E-state index in [0.29, 0.717) is 46.9 Å². The molecule has 0 radical (unpaired) electrons. The van der Waals surface area contributed by atoms with Crippen molar-refractivity contribution in [1.29, 1.82) is 0 Å². The van der Waals surface area contributed by atoms with Crippen molar-refractivity contribution in [2.24, 2.45) is 11.8 Å². The van der Waals surface area contributed by atoms with E-state index in [0.717, 1.165) is 76.2 Å². The van der Waals surface area contributed by atoms with Crippen LogP contribution in [0.5, 0.6) is 0 Å². The number of hydrogen-bond acceptors (Lipinski definition) is 0. The molecular weight excluding hydrogens is 472 g/mol. The summed E-state index contributed by atoms with van der Waals surface area (Å²) in [5.74, 6) is -1.68. The minimum absolute atomic E-state index is 0.0279. The van der Waals surface area contributed by atoms with Gasteiger partial charge in [0.2, 0.25) is 0 Å². The first-order valence-corrected chi connectivity index (χ1v) is 14.6. The van der Waals surface area contributed by atoms with E-state index in [1.54, 1.807) is 24.3 Å². The molecule has 0 N–H and O–H groups in total. The third-order valence-corrected chi connectivity index (χ3v) is 8.82. The number of benzene rings is 2. The van der Waals surface area contributed by atoms with Gasteiger partial charge in [0, 0.05) is 5.56 Å². The van der Waals surface area contributed by atoms with Gasteiger partial charge >= 0.3 is 0 Å². The molecule has 0 aromatic heterocycles. The summed E-state index contributed by atoms with van der Waals surface area (Å²) in [7, 11) is 0. The molecule has 0 saturated heterocycles. The van der Waals surface area contributed by atoms with E-state index in [9.17, 15) is 17.6 Å². The lowest BCUT2D eigenvalue weighted by molar-refractivity contribution is 0.303. The summed E-state index contributed by atoms with van der Waals surface area (Å²) in [4.78, 5) is 0. The Bertz CT molecular complexity index is 1080. The molecule has 1 fully saturated rings. The molecule has 2 aliphatic rings. The van der Waals surface area contributed by atoms with Crippen molar-refractivity contribution in [2.45, 2.75) is 110 Å². The molecule has 4 heteroatoms. The van der Waals surface area contributed by atoms with Gasteiger partial charge in [-0.25, -0.2) is 17.6 Å². The fourth-order valence-corrected chi connectivity index (χ4v) is 6.44. The predicted molar refractivity (Wildman–Crippen MR) is 145 cm³/mol. The van der Waals surface area contributed by atoms with Crippen molar-refractivity contribution in [1.82, 2.24) is 0 Å². The van der Waals surface area contributed by atoms with Gasteiger partial charge in [0.1, 0.15) is 0 Å². The number of rotatable bonds is 10. The summed E-state index contributed by atoms with van der Waals surface area (Å²) in [6, 6.07) is 7.05. The lowest BCUT2D eigenvalue weighted by Gasteiger charge is -2.29. The Labute approximate surface area is 220 Å². The van der Waals surface area contributed by atoms with Gasteiger partial charge in [-0.05, 0) is 111 Å². The van der Waals surface area contributed by atoms with Crippen LogP contribution in [0.25, 0.3) is 5.57 Å². The second kappa shape index (κ2) is 13.1. The number of allylic oxidation sites excluding steroid dienone is 2. The van der Waals surface area contributed by atoms with Crippen molar-refractivity contribution in [3.05, 3.63) is 75.9 Å². The van der Waals surface area contributed by atoms with Crippen LogP contribution in [-0.4, -0.2) is 0 Å². The molecule has 1 unspecified atom stereocenters. The first-order chi connectivity index (χ1) is 17.9. The SMILES string of the molecule is CCCCc1ccc(C2CCC(CCc3ccc(C4=CCC(CCC)CC4)c(F)c3F)CC2)c(F)c1F. The number of hydrogen-bond donors (Lipinski definition) is 0. The Morgan fingerprint density at radius 2 is 1.38 bits per heavy atom. The zero-order chi connectivity index (χ0) is 26.4. The lowest BCUT2D eigenvalue weighted by atomic mass is 9.76. The van der Waals surface area contributed by atoms with Crippen molar-refractivity contribution < 1.29 is 17.6 Å². The zero-order valence-electron chi connectivity index (χ0n) is 22.5. The molecule has 1 atom stereocenters. The van der Waals surface area contributed by atoms with E-state index in [-0.39, 0.29) is 5.92 Å². The highest BCUT2D eigenvalue weighted by molar-refractivity contribution is 5.67. The van der Waals surface area contributed by atoms with Gasteiger partial charge in [0.05, 0.1) is 0 Å². The van der Waals surface area contributed by atoms with E-state index in [1.165, 1.54) is 6.42 Å². The van der Waals surface area contributed by atoms with Crippen LogP contribution in [0.4, 0.5) is 17.6 Å². The molecule has 0 heterocycles. The molecule has 0 aliphatic heterocycles. The number of halogens is 4. The summed E-state index contributed by atoms with van der Waals surface area (Å²) in [6.45, 7) is 4.23. The zero-order valence-corrected chi connectivity index (χ0v) is 22.5. The first-order valence-electron chi connectivity index (χ1n) is 14.6.